The molecule has 1 aromatic heterocycles. The minimum absolute atomic E-state index is 0.114. The summed E-state index contributed by atoms with van der Waals surface area (Å²) < 4.78 is 7.21. The van der Waals surface area contributed by atoms with Gasteiger partial charge < -0.3 is 4.74 Å². The van der Waals surface area contributed by atoms with Crippen LogP contribution < -0.4 is 10.3 Å². The highest BCUT2D eigenvalue weighted by Gasteiger charge is 2.11. The number of halogens is 1. The van der Waals surface area contributed by atoms with Gasteiger partial charge in [-0.05, 0) is 48.4 Å². The van der Waals surface area contributed by atoms with Gasteiger partial charge in [0.1, 0.15) is 12.4 Å². The molecule has 0 unspecified atom stereocenters. The summed E-state index contributed by atoms with van der Waals surface area (Å²) in [6.45, 7) is 2.08. The molecule has 0 fully saturated rings. The van der Waals surface area contributed by atoms with E-state index in [0.29, 0.717) is 21.7 Å². The summed E-state index contributed by atoms with van der Waals surface area (Å²) in [6, 6.07) is 22.1. The second kappa shape index (κ2) is 8.29. The van der Waals surface area contributed by atoms with Crippen molar-refractivity contribution >= 4 is 28.7 Å². The molecule has 0 saturated carbocycles. The van der Waals surface area contributed by atoms with E-state index in [1.807, 2.05) is 55.5 Å². The highest BCUT2D eigenvalue weighted by Crippen LogP contribution is 2.18. The number of aryl methyl sites for hydroxylation is 1. The number of fused-ring (bicyclic) bond motifs is 1. The standard InChI is InChI=1S/C23H18ClN3O2/c1-16-6-2-5-9-21(16)29-15-22-26-20-8-4-3-7-19(20)23(28)27(22)25-14-17-10-12-18(24)13-11-17/h2-14H,15H2,1H3. The van der Waals surface area contributed by atoms with Crippen molar-refractivity contribution in [2.45, 2.75) is 13.5 Å². The van der Waals surface area contributed by atoms with Gasteiger partial charge in [0.15, 0.2) is 5.82 Å². The van der Waals surface area contributed by atoms with Crippen LogP contribution in [0, 0.1) is 6.92 Å². The van der Waals surface area contributed by atoms with Crippen LogP contribution in [0.1, 0.15) is 17.0 Å². The summed E-state index contributed by atoms with van der Waals surface area (Å²) in [6.07, 6.45) is 1.60. The van der Waals surface area contributed by atoms with E-state index in [-0.39, 0.29) is 12.2 Å². The van der Waals surface area contributed by atoms with Crippen LogP contribution in [0.2, 0.25) is 5.02 Å². The fourth-order valence-corrected chi connectivity index (χ4v) is 3.04. The first-order valence-electron chi connectivity index (χ1n) is 9.11. The van der Waals surface area contributed by atoms with Crippen LogP contribution in [0.25, 0.3) is 10.9 Å². The van der Waals surface area contributed by atoms with Gasteiger partial charge in [-0.3, -0.25) is 4.79 Å². The Morgan fingerprint density at radius 1 is 1.03 bits per heavy atom. The molecule has 0 N–H and O–H groups in total. The fraction of sp³-hybridized carbons (Fsp3) is 0.0870. The van der Waals surface area contributed by atoms with Crippen molar-refractivity contribution in [2.24, 2.45) is 5.10 Å². The molecular weight excluding hydrogens is 386 g/mol. The first kappa shape index (κ1) is 18.9. The van der Waals surface area contributed by atoms with Crippen molar-refractivity contribution in [3.63, 3.8) is 0 Å². The third-order valence-corrected chi connectivity index (χ3v) is 4.72. The zero-order valence-electron chi connectivity index (χ0n) is 15.7. The summed E-state index contributed by atoms with van der Waals surface area (Å²) in [4.78, 5) is 17.6. The first-order valence-corrected chi connectivity index (χ1v) is 9.48. The highest BCUT2D eigenvalue weighted by molar-refractivity contribution is 6.30. The number of ether oxygens (including phenoxy) is 1. The molecule has 3 aromatic carbocycles. The van der Waals surface area contributed by atoms with Crippen LogP contribution >= 0.6 is 11.6 Å². The Morgan fingerprint density at radius 3 is 2.55 bits per heavy atom. The van der Waals surface area contributed by atoms with Crippen molar-refractivity contribution in [1.29, 1.82) is 0 Å². The van der Waals surface area contributed by atoms with Gasteiger partial charge in [-0.1, -0.05) is 54.1 Å². The van der Waals surface area contributed by atoms with Crippen LogP contribution in [0.3, 0.4) is 0 Å². The van der Waals surface area contributed by atoms with E-state index < -0.39 is 0 Å². The summed E-state index contributed by atoms with van der Waals surface area (Å²) in [5, 5.41) is 5.52. The molecule has 0 radical (unpaired) electrons. The van der Waals surface area contributed by atoms with Crippen molar-refractivity contribution < 1.29 is 4.74 Å². The van der Waals surface area contributed by atoms with E-state index in [9.17, 15) is 4.79 Å². The van der Waals surface area contributed by atoms with Gasteiger partial charge in [-0.25, -0.2) is 4.98 Å². The predicted octanol–water partition coefficient (Wildman–Crippen LogP) is 4.82. The van der Waals surface area contributed by atoms with Crippen LogP contribution in [-0.2, 0) is 6.61 Å². The maximum atomic E-state index is 13.0. The number of benzene rings is 3. The monoisotopic (exact) mass is 403 g/mol. The van der Waals surface area contributed by atoms with E-state index in [1.165, 1.54) is 4.68 Å². The SMILES string of the molecule is Cc1ccccc1OCc1nc2ccccc2c(=O)n1N=Cc1ccc(Cl)cc1. The van der Waals surface area contributed by atoms with Gasteiger partial charge in [0.2, 0.25) is 0 Å². The molecule has 1 heterocycles. The molecule has 0 atom stereocenters. The van der Waals surface area contributed by atoms with Crippen LogP contribution in [0.5, 0.6) is 5.75 Å². The maximum absolute atomic E-state index is 13.0. The van der Waals surface area contributed by atoms with E-state index in [0.717, 1.165) is 16.9 Å². The van der Waals surface area contributed by atoms with Crippen molar-refractivity contribution in [2.75, 3.05) is 0 Å². The Kier molecular flexibility index (Phi) is 5.40. The third-order valence-electron chi connectivity index (χ3n) is 4.46. The topological polar surface area (TPSA) is 56.5 Å². The molecule has 0 spiro atoms. The van der Waals surface area contributed by atoms with Gasteiger partial charge in [-0.15, -0.1) is 0 Å². The molecule has 4 rings (SSSR count). The molecule has 4 aromatic rings. The Hall–Kier alpha value is -3.44. The number of hydrogen-bond acceptors (Lipinski definition) is 4. The molecule has 144 valence electrons. The average molecular weight is 404 g/mol. The summed E-state index contributed by atoms with van der Waals surface area (Å²) >= 11 is 5.93. The van der Waals surface area contributed by atoms with E-state index >= 15 is 0 Å². The van der Waals surface area contributed by atoms with Gasteiger partial charge >= 0.3 is 0 Å². The molecule has 0 saturated heterocycles. The van der Waals surface area contributed by atoms with E-state index in [4.69, 9.17) is 16.3 Å². The maximum Gasteiger partial charge on any atom is 0.282 e. The summed E-state index contributed by atoms with van der Waals surface area (Å²) in [5.74, 6) is 1.16. The lowest BCUT2D eigenvalue weighted by Gasteiger charge is -2.12. The van der Waals surface area contributed by atoms with Crippen LogP contribution in [-0.4, -0.2) is 15.9 Å². The second-order valence-electron chi connectivity index (χ2n) is 6.51. The molecule has 0 aliphatic carbocycles. The molecule has 29 heavy (non-hydrogen) atoms. The number of aromatic nitrogens is 2. The molecular formula is C23H18ClN3O2. The highest BCUT2D eigenvalue weighted by atomic mass is 35.5. The number of hydrogen-bond donors (Lipinski definition) is 0. The number of para-hydroxylation sites is 2. The fourth-order valence-electron chi connectivity index (χ4n) is 2.92. The van der Waals surface area contributed by atoms with Crippen molar-refractivity contribution in [3.05, 3.63) is 105 Å². The van der Waals surface area contributed by atoms with Gasteiger partial charge in [0.25, 0.3) is 5.56 Å². The normalized spacial score (nSPS) is 11.2. The van der Waals surface area contributed by atoms with Crippen molar-refractivity contribution in [1.82, 2.24) is 9.66 Å². The van der Waals surface area contributed by atoms with Gasteiger partial charge in [0, 0.05) is 5.02 Å². The predicted molar refractivity (Wildman–Crippen MR) is 116 cm³/mol. The van der Waals surface area contributed by atoms with Crippen molar-refractivity contribution in [3.8, 4) is 5.75 Å². The zero-order chi connectivity index (χ0) is 20.2. The quantitative estimate of drug-likeness (QED) is 0.449. The van der Waals surface area contributed by atoms with Gasteiger partial charge in [-0.2, -0.15) is 9.78 Å². The minimum atomic E-state index is -0.246. The summed E-state index contributed by atoms with van der Waals surface area (Å²) in [5.41, 5.74) is 2.19. The molecule has 0 bridgehead atoms. The second-order valence-corrected chi connectivity index (χ2v) is 6.95. The van der Waals surface area contributed by atoms with E-state index in [2.05, 4.69) is 10.1 Å². The minimum Gasteiger partial charge on any atom is -0.485 e. The smallest absolute Gasteiger partial charge is 0.282 e. The third kappa shape index (κ3) is 4.20. The summed E-state index contributed by atoms with van der Waals surface area (Å²) in [7, 11) is 0. The molecule has 6 heteroatoms. The Morgan fingerprint density at radius 2 is 1.76 bits per heavy atom. The molecule has 0 aliphatic rings. The lowest BCUT2D eigenvalue weighted by atomic mass is 10.2. The Labute approximate surface area is 172 Å². The molecule has 0 amide bonds. The van der Waals surface area contributed by atoms with E-state index in [1.54, 1.807) is 30.5 Å². The molecule has 0 aliphatic heterocycles. The lowest BCUT2D eigenvalue weighted by molar-refractivity contribution is 0.287. The number of nitrogens with zero attached hydrogens (tertiary/aromatic N) is 3. The zero-order valence-corrected chi connectivity index (χ0v) is 16.5. The first-order chi connectivity index (χ1) is 14.1. The van der Waals surface area contributed by atoms with Crippen LogP contribution in [0.15, 0.2) is 82.7 Å². The Bertz CT molecular complexity index is 1250. The average Bonchev–Trinajstić information content (AvgIpc) is 2.74. The largest absolute Gasteiger partial charge is 0.485 e. The Balaban J connectivity index is 1.75. The molecule has 5 nitrogen and oxygen atoms in total. The number of rotatable bonds is 5. The van der Waals surface area contributed by atoms with Gasteiger partial charge in [0.05, 0.1) is 17.1 Å². The lowest BCUT2D eigenvalue weighted by Crippen LogP contribution is -2.23. The van der Waals surface area contributed by atoms with Crippen LogP contribution in [0.4, 0.5) is 0 Å².